The quantitative estimate of drug-likeness (QED) is 0.807. The van der Waals surface area contributed by atoms with Crippen molar-refractivity contribution in [2.75, 3.05) is 19.8 Å². The highest BCUT2D eigenvalue weighted by atomic mass is 32.2. The summed E-state index contributed by atoms with van der Waals surface area (Å²) in [5.41, 5.74) is 3.84. The van der Waals surface area contributed by atoms with Crippen molar-refractivity contribution in [1.29, 1.82) is 0 Å². The number of carbonyl (C=O) groups excluding carboxylic acids is 2. The predicted molar refractivity (Wildman–Crippen MR) is 103 cm³/mol. The number of aryl methyl sites for hydroxylation is 2. The van der Waals surface area contributed by atoms with Crippen molar-refractivity contribution in [2.45, 2.75) is 25.3 Å². The molecule has 25 heavy (non-hydrogen) atoms. The highest BCUT2D eigenvalue weighted by Gasteiger charge is 2.12. The first-order chi connectivity index (χ1) is 11.9. The Labute approximate surface area is 153 Å². The van der Waals surface area contributed by atoms with Crippen LogP contribution in [0.2, 0.25) is 0 Å². The number of rotatable bonds is 6. The smallest absolute Gasteiger partial charge is 0.251 e. The van der Waals surface area contributed by atoms with E-state index in [0.717, 1.165) is 16.7 Å². The molecule has 0 saturated heterocycles. The minimum atomic E-state index is -0.228. The largest absolute Gasteiger partial charge is 0.343 e. The summed E-state index contributed by atoms with van der Waals surface area (Å²) < 4.78 is 0. The summed E-state index contributed by atoms with van der Waals surface area (Å²) in [6.07, 6.45) is 2.03. The zero-order chi connectivity index (χ0) is 18.4. The first kappa shape index (κ1) is 19.1. The average Bonchev–Trinajstić information content (AvgIpc) is 2.62. The monoisotopic (exact) mass is 356 g/mol. The van der Waals surface area contributed by atoms with Gasteiger partial charge >= 0.3 is 0 Å². The Bertz CT molecular complexity index is 757. The lowest BCUT2D eigenvalue weighted by Crippen LogP contribution is -2.37. The Kier molecular flexibility index (Phi) is 6.65. The van der Waals surface area contributed by atoms with Gasteiger partial charge in [0.2, 0.25) is 5.91 Å². The van der Waals surface area contributed by atoms with Crippen molar-refractivity contribution in [2.24, 2.45) is 0 Å². The minimum absolute atomic E-state index is 0.00878. The van der Waals surface area contributed by atoms with Crippen LogP contribution >= 0.6 is 11.8 Å². The van der Waals surface area contributed by atoms with Gasteiger partial charge in [0, 0.05) is 24.1 Å². The van der Waals surface area contributed by atoms with Crippen molar-refractivity contribution in [1.82, 2.24) is 10.2 Å². The number of carbonyl (C=O) groups is 2. The zero-order valence-corrected chi connectivity index (χ0v) is 15.9. The molecule has 0 atom stereocenters. The third-order valence-corrected chi connectivity index (χ3v) is 4.92. The normalized spacial score (nSPS) is 10.4. The fourth-order valence-electron chi connectivity index (χ4n) is 2.37. The maximum absolute atomic E-state index is 12.2. The van der Waals surface area contributed by atoms with E-state index < -0.39 is 0 Å². The summed E-state index contributed by atoms with van der Waals surface area (Å²) in [6, 6.07) is 13.6. The molecule has 132 valence electrons. The molecule has 0 aliphatic heterocycles. The van der Waals surface area contributed by atoms with Crippen LogP contribution in [0.1, 0.15) is 27.0 Å². The number of nitrogens with zero attached hydrogens (tertiary/aromatic N) is 1. The fraction of sp³-hybridized carbons (Fsp3) is 0.300. The summed E-state index contributed by atoms with van der Waals surface area (Å²) in [7, 11) is 1.74. The third-order valence-electron chi connectivity index (χ3n) is 4.17. The van der Waals surface area contributed by atoms with E-state index in [1.165, 1.54) is 4.90 Å². The van der Waals surface area contributed by atoms with Crippen LogP contribution in [-0.2, 0) is 11.3 Å². The average molecular weight is 356 g/mol. The number of likely N-dealkylation sites (N-methyl/N-ethyl adjacent to an activating group) is 1. The maximum atomic E-state index is 12.2. The van der Waals surface area contributed by atoms with Gasteiger partial charge in [0.1, 0.15) is 0 Å². The van der Waals surface area contributed by atoms with Gasteiger partial charge in [-0.25, -0.2) is 0 Å². The van der Waals surface area contributed by atoms with Crippen molar-refractivity contribution in [3.8, 4) is 0 Å². The number of hydrogen-bond acceptors (Lipinski definition) is 3. The molecule has 0 spiro atoms. The van der Waals surface area contributed by atoms with E-state index in [-0.39, 0.29) is 18.4 Å². The molecular formula is C20H24N2O2S. The summed E-state index contributed by atoms with van der Waals surface area (Å²) in [4.78, 5) is 27.2. The molecule has 4 nitrogen and oxygen atoms in total. The molecule has 2 aromatic rings. The van der Waals surface area contributed by atoms with E-state index in [1.54, 1.807) is 29.8 Å². The van der Waals surface area contributed by atoms with Gasteiger partial charge in [-0.1, -0.05) is 18.2 Å². The lowest BCUT2D eigenvalue weighted by atomic mass is 10.1. The molecule has 2 rings (SSSR count). The maximum Gasteiger partial charge on any atom is 0.251 e. The van der Waals surface area contributed by atoms with Gasteiger partial charge in [-0.3, -0.25) is 9.59 Å². The van der Waals surface area contributed by atoms with E-state index >= 15 is 0 Å². The molecule has 0 unspecified atom stereocenters. The van der Waals surface area contributed by atoms with Gasteiger partial charge in [0.15, 0.2) is 0 Å². The second kappa shape index (κ2) is 8.72. The lowest BCUT2D eigenvalue weighted by Gasteiger charge is -2.18. The van der Waals surface area contributed by atoms with Crippen LogP contribution in [-0.4, -0.2) is 36.6 Å². The summed E-state index contributed by atoms with van der Waals surface area (Å²) >= 11 is 1.69. The lowest BCUT2D eigenvalue weighted by molar-refractivity contribution is -0.129. The SMILES string of the molecule is CSc1ccc(CN(C)C(=O)CNC(=O)c2ccc(C)c(C)c2)cc1. The van der Waals surface area contributed by atoms with E-state index in [0.29, 0.717) is 12.1 Å². The Balaban J connectivity index is 1.87. The van der Waals surface area contributed by atoms with Crippen LogP contribution in [0.3, 0.4) is 0 Å². The van der Waals surface area contributed by atoms with E-state index in [1.807, 2.05) is 56.5 Å². The zero-order valence-electron chi connectivity index (χ0n) is 15.1. The molecular weight excluding hydrogens is 332 g/mol. The number of benzene rings is 2. The molecule has 0 saturated carbocycles. The van der Waals surface area contributed by atoms with Crippen LogP contribution in [0.4, 0.5) is 0 Å². The van der Waals surface area contributed by atoms with Gasteiger partial charge in [0.05, 0.1) is 6.54 Å². The van der Waals surface area contributed by atoms with E-state index in [2.05, 4.69) is 5.32 Å². The first-order valence-corrected chi connectivity index (χ1v) is 9.35. The molecule has 0 heterocycles. The number of hydrogen-bond donors (Lipinski definition) is 1. The number of thioether (sulfide) groups is 1. The van der Waals surface area contributed by atoms with E-state index in [4.69, 9.17) is 0 Å². The van der Waals surface area contributed by atoms with Gasteiger partial charge in [-0.15, -0.1) is 11.8 Å². The second-order valence-electron chi connectivity index (χ2n) is 6.08. The number of nitrogens with one attached hydrogen (secondary N) is 1. The van der Waals surface area contributed by atoms with Crippen LogP contribution in [0.15, 0.2) is 47.4 Å². The molecule has 0 aliphatic rings. The second-order valence-corrected chi connectivity index (χ2v) is 6.96. The molecule has 1 N–H and O–H groups in total. The molecule has 0 aromatic heterocycles. The summed E-state index contributed by atoms with van der Waals surface area (Å²) in [6.45, 7) is 4.48. The highest BCUT2D eigenvalue weighted by molar-refractivity contribution is 7.98. The summed E-state index contributed by atoms with van der Waals surface area (Å²) in [5, 5.41) is 2.70. The van der Waals surface area contributed by atoms with Crippen LogP contribution in [0.5, 0.6) is 0 Å². The molecule has 2 amide bonds. The number of amides is 2. The van der Waals surface area contributed by atoms with Crippen LogP contribution < -0.4 is 5.32 Å². The van der Waals surface area contributed by atoms with Gasteiger partial charge in [0.25, 0.3) is 5.91 Å². The van der Waals surface area contributed by atoms with Gasteiger partial charge in [-0.2, -0.15) is 0 Å². The van der Waals surface area contributed by atoms with Crippen molar-refractivity contribution in [3.05, 3.63) is 64.7 Å². The van der Waals surface area contributed by atoms with Crippen molar-refractivity contribution < 1.29 is 9.59 Å². The molecule has 0 fully saturated rings. The van der Waals surface area contributed by atoms with Crippen molar-refractivity contribution in [3.63, 3.8) is 0 Å². The van der Waals surface area contributed by atoms with E-state index in [9.17, 15) is 9.59 Å². The Morgan fingerprint density at radius 1 is 1.04 bits per heavy atom. The highest BCUT2D eigenvalue weighted by Crippen LogP contribution is 2.15. The predicted octanol–water partition coefficient (Wildman–Crippen LogP) is 3.41. The molecule has 0 radical (unpaired) electrons. The van der Waals surface area contributed by atoms with Crippen molar-refractivity contribution >= 4 is 23.6 Å². The standard InChI is InChI=1S/C20H24N2O2S/c1-14-5-8-17(11-15(14)2)20(24)21-12-19(23)22(3)13-16-6-9-18(25-4)10-7-16/h5-11H,12-13H2,1-4H3,(H,21,24). The third kappa shape index (κ3) is 5.36. The van der Waals surface area contributed by atoms with Crippen LogP contribution in [0.25, 0.3) is 0 Å². The Morgan fingerprint density at radius 3 is 2.32 bits per heavy atom. The van der Waals surface area contributed by atoms with Gasteiger partial charge < -0.3 is 10.2 Å². The Hall–Kier alpha value is -2.27. The first-order valence-electron chi connectivity index (χ1n) is 8.13. The molecule has 0 aliphatic carbocycles. The minimum Gasteiger partial charge on any atom is -0.343 e. The molecule has 2 aromatic carbocycles. The molecule has 5 heteroatoms. The van der Waals surface area contributed by atoms with Gasteiger partial charge in [-0.05, 0) is 61.1 Å². The summed E-state index contributed by atoms with van der Waals surface area (Å²) in [5.74, 6) is -0.347. The topological polar surface area (TPSA) is 49.4 Å². The fourth-order valence-corrected chi connectivity index (χ4v) is 2.78. The molecule has 0 bridgehead atoms. The Morgan fingerprint density at radius 2 is 1.72 bits per heavy atom. The van der Waals surface area contributed by atoms with Crippen LogP contribution in [0, 0.1) is 13.8 Å².